The molecule has 2 aromatic heterocycles. The maximum atomic E-state index is 9.96. The highest BCUT2D eigenvalue weighted by Crippen LogP contribution is 2.20. The van der Waals surface area contributed by atoms with Crippen molar-refractivity contribution in [1.29, 1.82) is 0 Å². The van der Waals surface area contributed by atoms with Crippen molar-refractivity contribution in [2.45, 2.75) is 32.9 Å². The van der Waals surface area contributed by atoms with Gasteiger partial charge >= 0.3 is 0 Å². The third-order valence-electron chi connectivity index (χ3n) is 3.43. The van der Waals surface area contributed by atoms with Gasteiger partial charge in [-0.05, 0) is 38.5 Å². The van der Waals surface area contributed by atoms with Crippen molar-refractivity contribution in [3.63, 3.8) is 0 Å². The second-order valence-electron chi connectivity index (χ2n) is 5.80. The quantitative estimate of drug-likeness (QED) is 0.801. The van der Waals surface area contributed by atoms with Crippen molar-refractivity contribution >= 4 is 10.9 Å². The van der Waals surface area contributed by atoms with Crippen LogP contribution in [0.3, 0.4) is 0 Å². The fraction of sp³-hybridized carbons (Fsp3) is 0.312. The molecule has 0 spiro atoms. The Labute approximate surface area is 123 Å². The smallest absolute Gasteiger partial charge is 0.114 e. The lowest BCUT2D eigenvalue weighted by Crippen LogP contribution is -2.15. The van der Waals surface area contributed by atoms with Crippen LogP contribution in [0, 0.1) is 6.92 Å². The first-order valence-electron chi connectivity index (χ1n) is 6.92. The molecule has 1 N–H and O–H groups in total. The minimum absolute atomic E-state index is 0.567. The summed E-state index contributed by atoms with van der Waals surface area (Å²) in [5.74, 6) is 0. The Hall–Kier alpha value is -2.27. The van der Waals surface area contributed by atoms with Crippen LogP contribution in [0.15, 0.2) is 36.5 Å². The zero-order valence-corrected chi connectivity index (χ0v) is 12.4. The molecule has 0 radical (unpaired) electrons. The van der Waals surface area contributed by atoms with Crippen LogP contribution in [-0.2, 0) is 12.1 Å². The summed E-state index contributed by atoms with van der Waals surface area (Å²) < 4.78 is 1.74. The second kappa shape index (κ2) is 4.93. The van der Waals surface area contributed by atoms with Crippen molar-refractivity contribution in [2.75, 3.05) is 0 Å². The van der Waals surface area contributed by atoms with Gasteiger partial charge < -0.3 is 5.11 Å². The molecule has 0 saturated heterocycles. The average molecular weight is 282 g/mol. The van der Waals surface area contributed by atoms with E-state index in [2.05, 4.69) is 27.4 Å². The monoisotopic (exact) mass is 282 g/mol. The summed E-state index contributed by atoms with van der Waals surface area (Å²) in [6.45, 7) is 5.99. The molecular formula is C16H18N4O. The fourth-order valence-corrected chi connectivity index (χ4v) is 2.36. The number of aliphatic hydroxyl groups is 1. The van der Waals surface area contributed by atoms with Gasteiger partial charge in [0.05, 0.1) is 18.3 Å². The summed E-state index contributed by atoms with van der Waals surface area (Å²) >= 11 is 0. The Balaban J connectivity index is 2.00. The number of fused-ring (bicyclic) bond motifs is 1. The molecule has 1 aromatic carbocycles. The summed E-state index contributed by atoms with van der Waals surface area (Å²) in [7, 11) is 0. The lowest BCUT2D eigenvalue weighted by atomic mass is 10.1. The number of para-hydroxylation sites is 1. The summed E-state index contributed by atoms with van der Waals surface area (Å²) in [4.78, 5) is 4.54. The first-order valence-corrected chi connectivity index (χ1v) is 6.92. The van der Waals surface area contributed by atoms with E-state index in [0.717, 1.165) is 22.2 Å². The van der Waals surface area contributed by atoms with Gasteiger partial charge in [0.15, 0.2) is 0 Å². The van der Waals surface area contributed by atoms with Crippen LogP contribution in [-0.4, -0.2) is 25.1 Å². The van der Waals surface area contributed by atoms with Crippen LogP contribution in [0.1, 0.15) is 30.8 Å². The number of pyridine rings is 1. The van der Waals surface area contributed by atoms with Crippen LogP contribution >= 0.6 is 0 Å². The van der Waals surface area contributed by atoms with Gasteiger partial charge in [-0.3, -0.25) is 4.98 Å². The SMILES string of the molecule is Cc1cc(Cn2cc(C(C)(C)O)nn2)c2ccccc2n1. The molecule has 108 valence electrons. The zero-order chi connectivity index (χ0) is 15.0. The lowest BCUT2D eigenvalue weighted by Gasteiger charge is -2.12. The van der Waals surface area contributed by atoms with Crippen LogP contribution < -0.4 is 0 Å². The van der Waals surface area contributed by atoms with Gasteiger partial charge in [-0.2, -0.15) is 0 Å². The molecule has 0 aliphatic rings. The minimum atomic E-state index is -0.978. The van der Waals surface area contributed by atoms with Crippen molar-refractivity contribution < 1.29 is 5.11 Å². The van der Waals surface area contributed by atoms with E-state index in [9.17, 15) is 5.11 Å². The van der Waals surface area contributed by atoms with Gasteiger partial charge in [0.25, 0.3) is 0 Å². The van der Waals surface area contributed by atoms with Crippen molar-refractivity contribution in [1.82, 2.24) is 20.0 Å². The first-order chi connectivity index (χ1) is 9.93. The number of aromatic nitrogens is 4. The van der Waals surface area contributed by atoms with E-state index in [1.54, 1.807) is 24.7 Å². The molecule has 0 amide bonds. The maximum absolute atomic E-state index is 9.96. The Morgan fingerprint density at radius 2 is 2.00 bits per heavy atom. The number of hydrogen-bond acceptors (Lipinski definition) is 4. The lowest BCUT2D eigenvalue weighted by molar-refractivity contribution is 0.0737. The molecule has 3 aromatic rings. The molecule has 0 aliphatic carbocycles. The number of nitrogens with zero attached hydrogens (tertiary/aromatic N) is 4. The molecule has 0 saturated carbocycles. The van der Waals surface area contributed by atoms with Gasteiger partial charge in [-0.15, -0.1) is 5.10 Å². The molecule has 3 rings (SSSR count). The van der Waals surface area contributed by atoms with E-state index in [4.69, 9.17) is 0 Å². The van der Waals surface area contributed by atoms with Crippen molar-refractivity contribution in [2.24, 2.45) is 0 Å². The fourth-order valence-electron chi connectivity index (χ4n) is 2.36. The Bertz CT molecular complexity index is 786. The van der Waals surface area contributed by atoms with Gasteiger partial charge in [-0.25, -0.2) is 4.68 Å². The van der Waals surface area contributed by atoms with Gasteiger partial charge in [0.1, 0.15) is 11.3 Å². The van der Waals surface area contributed by atoms with Crippen molar-refractivity contribution in [3.05, 3.63) is 53.5 Å². The van der Waals surface area contributed by atoms with Crippen LogP contribution in [0.25, 0.3) is 10.9 Å². The Morgan fingerprint density at radius 1 is 1.24 bits per heavy atom. The standard InChI is InChI=1S/C16H18N4O/c1-11-8-12(13-6-4-5-7-14(13)17-11)9-20-10-15(18-19-20)16(2,3)21/h4-8,10,21H,9H2,1-3H3. The summed E-state index contributed by atoms with van der Waals surface area (Å²) in [5, 5.41) is 19.2. The highest BCUT2D eigenvalue weighted by Gasteiger charge is 2.20. The second-order valence-corrected chi connectivity index (χ2v) is 5.80. The predicted octanol–water partition coefficient (Wildman–Crippen LogP) is 2.41. The Morgan fingerprint density at radius 3 is 2.71 bits per heavy atom. The maximum Gasteiger partial charge on any atom is 0.114 e. The van der Waals surface area contributed by atoms with Crippen molar-refractivity contribution in [3.8, 4) is 0 Å². The van der Waals surface area contributed by atoms with Crippen LogP contribution in [0.2, 0.25) is 0 Å². The molecule has 0 fully saturated rings. The highest BCUT2D eigenvalue weighted by molar-refractivity contribution is 5.82. The first kappa shape index (κ1) is 13.7. The molecule has 5 nitrogen and oxygen atoms in total. The number of aryl methyl sites for hydroxylation is 1. The topological polar surface area (TPSA) is 63.8 Å². The number of hydrogen-bond donors (Lipinski definition) is 1. The molecule has 0 atom stereocenters. The zero-order valence-electron chi connectivity index (χ0n) is 12.4. The van der Waals surface area contributed by atoms with Gasteiger partial charge in [0, 0.05) is 11.1 Å². The van der Waals surface area contributed by atoms with E-state index < -0.39 is 5.60 Å². The molecule has 0 aliphatic heterocycles. The largest absolute Gasteiger partial charge is 0.384 e. The van der Waals surface area contributed by atoms with Crippen LogP contribution in [0.4, 0.5) is 0 Å². The third kappa shape index (κ3) is 2.78. The van der Waals surface area contributed by atoms with E-state index in [0.29, 0.717) is 12.2 Å². The average Bonchev–Trinajstić information content (AvgIpc) is 2.87. The Kier molecular flexibility index (Phi) is 3.22. The van der Waals surface area contributed by atoms with E-state index in [1.807, 2.05) is 25.1 Å². The molecule has 21 heavy (non-hydrogen) atoms. The predicted molar refractivity (Wildman–Crippen MR) is 80.8 cm³/mol. The van der Waals surface area contributed by atoms with E-state index >= 15 is 0 Å². The summed E-state index contributed by atoms with van der Waals surface area (Å²) in [5.41, 5.74) is 2.69. The minimum Gasteiger partial charge on any atom is -0.384 e. The number of benzene rings is 1. The van der Waals surface area contributed by atoms with E-state index in [1.165, 1.54) is 0 Å². The van der Waals surface area contributed by atoms with Gasteiger partial charge in [-0.1, -0.05) is 23.4 Å². The van der Waals surface area contributed by atoms with Crippen LogP contribution in [0.5, 0.6) is 0 Å². The highest BCUT2D eigenvalue weighted by atomic mass is 16.3. The molecular weight excluding hydrogens is 264 g/mol. The molecule has 2 heterocycles. The van der Waals surface area contributed by atoms with E-state index in [-0.39, 0.29) is 0 Å². The summed E-state index contributed by atoms with van der Waals surface area (Å²) in [6, 6.07) is 10.1. The third-order valence-corrected chi connectivity index (χ3v) is 3.43. The molecule has 5 heteroatoms. The normalized spacial score (nSPS) is 12.0. The molecule has 0 unspecified atom stereocenters. The van der Waals surface area contributed by atoms with Gasteiger partial charge in [0.2, 0.25) is 0 Å². The summed E-state index contributed by atoms with van der Waals surface area (Å²) in [6.07, 6.45) is 1.78. The number of rotatable bonds is 3. The molecule has 0 bridgehead atoms.